The molecular weight excluding hydrogens is 695 g/mol. The molecule has 1 aromatic heterocycles. The minimum Gasteiger partial charge on any atom is -0.454 e. The third-order valence-corrected chi connectivity index (χ3v) is 13.6. The normalized spacial score (nSPS) is 13.7. The van der Waals surface area contributed by atoms with Crippen LogP contribution < -0.4 is 20.6 Å². The van der Waals surface area contributed by atoms with E-state index in [0.717, 1.165) is 44.7 Å². The summed E-state index contributed by atoms with van der Waals surface area (Å²) in [5.74, 6) is 0. The van der Waals surface area contributed by atoms with Gasteiger partial charge in [0.05, 0.1) is 5.69 Å². The number of furan rings is 1. The predicted molar refractivity (Wildman–Crippen MR) is 228 cm³/mol. The van der Waals surface area contributed by atoms with Crippen LogP contribution in [0.5, 0.6) is 0 Å². The highest BCUT2D eigenvalue weighted by Gasteiger charge is 2.47. The molecule has 0 atom stereocenters. The van der Waals surface area contributed by atoms with Crippen molar-refractivity contribution in [3.63, 3.8) is 0 Å². The largest absolute Gasteiger partial charge is 0.454 e. The van der Waals surface area contributed by atoms with Gasteiger partial charge in [0, 0.05) is 58.7 Å². The Bertz CT molecular complexity index is 2960. The average Bonchev–Trinajstić information content (AvgIpc) is 3.61. The van der Waals surface area contributed by atoms with Crippen molar-refractivity contribution in [2.75, 3.05) is 9.71 Å². The number of nitrogens with zero attached hydrogens (tertiary/aromatic N) is 2. The summed E-state index contributed by atoms with van der Waals surface area (Å²) in [6, 6.07) is 64.1. The lowest BCUT2D eigenvalue weighted by atomic mass is 9.43. The molecule has 4 heterocycles. The Hall–Kier alpha value is -6.08. The van der Waals surface area contributed by atoms with E-state index in [1.165, 1.54) is 58.4 Å². The molecule has 0 saturated carbocycles. The van der Waals surface area contributed by atoms with Crippen molar-refractivity contribution in [1.29, 1.82) is 0 Å². The highest BCUT2D eigenvalue weighted by molar-refractivity contribution is 8.05. The molecule has 0 unspecified atom stereocenters. The monoisotopic (exact) mass is 724 g/mol. The lowest BCUT2D eigenvalue weighted by Gasteiger charge is -2.46. The van der Waals surface area contributed by atoms with E-state index in [-0.39, 0.29) is 6.85 Å². The number of benzene rings is 8. The molecule has 252 valence electrons. The smallest absolute Gasteiger partial charge is 0.333 e. The third kappa shape index (κ3) is 4.41. The number of hydrogen-bond donors (Lipinski definition) is 0. The first kappa shape index (κ1) is 30.4. The van der Waals surface area contributed by atoms with Gasteiger partial charge in [-0.2, -0.15) is 0 Å². The summed E-state index contributed by atoms with van der Waals surface area (Å²) in [6.07, 6.45) is 0. The number of anilines is 5. The molecule has 0 radical (unpaired) electrons. The lowest BCUT2D eigenvalue weighted by Crippen LogP contribution is -2.61. The van der Waals surface area contributed by atoms with Gasteiger partial charge in [0.15, 0.2) is 5.58 Å². The molecule has 0 amide bonds. The first-order valence-corrected chi connectivity index (χ1v) is 19.9. The molecule has 12 rings (SSSR count). The van der Waals surface area contributed by atoms with Crippen LogP contribution in [0.2, 0.25) is 0 Å². The Morgan fingerprint density at radius 1 is 0.463 bits per heavy atom. The zero-order chi connectivity index (χ0) is 35.3. The van der Waals surface area contributed by atoms with Gasteiger partial charge in [-0.15, -0.1) is 0 Å². The second-order valence-electron chi connectivity index (χ2n) is 14.0. The van der Waals surface area contributed by atoms with E-state index in [1.54, 1.807) is 0 Å². The molecule has 0 N–H and O–H groups in total. The first-order chi connectivity index (χ1) is 26.8. The Morgan fingerprint density at radius 3 is 1.91 bits per heavy atom. The van der Waals surface area contributed by atoms with Crippen molar-refractivity contribution >= 4 is 91.7 Å². The minimum absolute atomic E-state index is 0.106. The van der Waals surface area contributed by atoms with E-state index in [4.69, 9.17) is 4.42 Å². The Morgan fingerprint density at radius 2 is 1.11 bits per heavy atom. The molecule has 8 aromatic carbocycles. The van der Waals surface area contributed by atoms with Gasteiger partial charge >= 0.3 is 6.85 Å². The van der Waals surface area contributed by atoms with Crippen LogP contribution in [-0.4, -0.2) is 6.85 Å². The predicted octanol–water partition coefficient (Wildman–Crippen LogP) is 12.6. The number of rotatable bonds is 3. The van der Waals surface area contributed by atoms with Gasteiger partial charge in [-0.05, 0) is 94.3 Å². The lowest BCUT2D eigenvalue weighted by molar-refractivity contribution is 0.669. The van der Waals surface area contributed by atoms with Crippen LogP contribution in [0.4, 0.5) is 28.4 Å². The summed E-state index contributed by atoms with van der Waals surface area (Å²) in [4.78, 5) is 10.2. The van der Waals surface area contributed by atoms with Crippen molar-refractivity contribution < 1.29 is 4.42 Å². The molecule has 54 heavy (non-hydrogen) atoms. The maximum atomic E-state index is 6.95. The zero-order valence-electron chi connectivity index (χ0n) is 28.9. The van der Waals surface area contributed by atoms with Gasteiger partial charge in [0.2, 0.25) is 0 Å². The van der Waals surface area contributed by atoms with Gasteiger partial charge in [-0.3, -0.25) is 0 Å². The second-order valence-corrected chi connectivity index (χ2v) is 16.2. The van der Waals surface area contributed by atoms with Crippen LogP contribution in [0.15, 0.2) is 200 Å². The first-order valence-electron chi connectivity index (χ1n) is 18.3. The maximum Gasteiger partial charge on any atom is 0.333 e. The summed E-state index contributed by atoms with van der Waals surface area (Å²) < 4.78 is 6.95. The summed E-state index contributed by atoms with van der Waals surface area (Å²) >= 11 is 3.75. The molecule has 0 aliphatic carbocycles. The van der Waals surface area contributed by atoms with E-state index in [1.807, 2.05) is 23.5 Å². The van der Waals surface area contributed by atoms with Crippen LogP contribution in [0.25, 0.3) is 44.2 Å². The Kier molecular flexibility index (Phi) is 6.59. The SMILES string of the molecule is c1ccc(-c2ccc(N3B4c5ccccc5N(c5ccccc5)c5c4c(cc4c5oc5ccccc54)-c4cc5c(cc43)Sc3ccccc3S5)cc2)cc1. The molecule has 3 nitrogen and oxygen atoms in total. The van der Waals surface area contributed by atoms with Gasteiger partial charge in [0.1, 0.15) is 5.58 Å². The van der Waals surface area contributed by atoms with E-state index in [9.17, 15) is 0 Å². The topological polar surface area (TPSA) is 19.6 Å². The molecule has 0 spiro atoms. The van der Waals surface area contributed by atoms with Crippen molar-refractivity contribution in [3.05, 3.63) is 176 Å². The highest BCUT2D eigenvalue weighted by atomic mass is 32.2. The zero-order valence-corrected chi connectivity index (χ0v) is 30.6. The fourth-order valence-electron chi connectivity index (χ4n) is 8.74. The summed E-state index contributed by atoms with van der Waals surface area (Å²) in [5, 5.41) is 2.27. The molecule has 3 aliphatic heterocycles. The third-order valence-electron chi connectivity index (χ3n) is 11.1. The van der Waals surface area contributed by atoms with E-state index in [2.05, 4.69) is 186 Å². The van der Waals surface area contributed by atoms with Gasteiger partial charge < -0.3 is 14.1 Å². The number of fused-ring (bicyclic) bond motifs is 10. The van der Waals surface area contributed by atoms with Crippen LogP contribution in [-0.2, 0) is 0 Å². The molecule has 6 heteroatoms. The molecule has 3 aliphatic rings. The Labute approximate surface area is 322 Å². The van der Waals surface area contributed by atoms with Crippen molar-refractivity contribution in [3.8, 4) is 22.3 Å². The van der Waals surface area contributed by atoms with Crippen molar-refractivity contribution in [1.82, 2.24) is 0 Å². The van der Waals surface area contributed by atoms with E-state index in [0.29, 0.717) is 0 Å². The van der Waals surface area contributed by atoms with Crippen molar-refractivity contribution in [2.45, 2.75) is 19.6 Å². The van der Waals surface area contributed by atoms with Crippen LogP contribution in [0.3, 0.4) is 0 Å². The summed E-state index contributed by atoms with van der Waals surface area (Å²) in [7, 11) is 0. The minimum atomic E-state index is -0.106. The number of hydrogen-bond acceptors (Lipinski definition) is 5. The van der Waals surface area contributed by atoms with Crippen LogP contribution >= 0.6 is 23.5 Å². The molecule has 0 bridgehead atoms. The van der Waals surface area contributed by atoms with E-state index < -0.39 is 0 Å². The Balaban J connectivity index is 1.20. The van der Waals surface area contributed by atoms with Gasteiger partial charge in [0.25, 0.3) is 0 Å². The van der Waals surface area contributed by atoms with Crippen LogP contribution in [0.1, 0.15) is 0 Å². The highest BCUT2D eigenvalue weighted by Crippen LogP contribution is 2.55. The summed E-state index contributed by atoms with van der Waals surface area (Å²) in [6.45, 7) is -0.106. The average molecular weight is 725 g/mol. The number of para-hydroxylation sites is 3. The van der Waals surface area contributed by atoms with Crippen molar-refractivity contribution in [2.24, 2.45) is 0 Å². The quantitative estimate of drug-likeness (QED) is 0.169. The van der Waals surface area contributed by atoms with Crippen LogP contribution in [0, 0.1) is 0 Å². The van der Waals surface area contributed by atoms with Gasteiger partial charge in [-0.1, -0.05) is 133 Å². The van der Waals surface area contributed by atoms with E-state index >= 15 is 0 Å². The fraction of sp³-hybridized carbons (Fsp3) is 0. The second kappa shape index (κ2) is 11.7. The summed E-state index contributed by atoms with van der Waals surface area (Å²) in [5.41, 5.74) is 15.0. The maximum absolute atomic E-state index is 6.95. The molecule has 9 aromatic rings. The molecular formula is C48H29BN2OS2. The standard InChI is InChI=1S/C48H29BN2OS2/c1-3-13-30(14-4-1)31-23-25-33(26-24-31)51-40-29-45-44(53-42-21-11-12-22-43(42)54-45)28-35(40)36-27-37-34-17-7-10-20-41(34)52-48(37)47-46(36)49(51)38-18-8-9-19-39(38)50(47)32-15-5-2-6-16-32/h1-29H. The molecule has 0 saturated heterocycles. The van der Waals surface area contributed by atoms with Gasteiger partial charge in [-0.25, -0.2) is 0 Å². The fourth-order valence-corrected chi connectivity index (χ4v) is 11.0. The molecule has 0 fully saturated rings.